The number of likely N-dealkylation sites (N-methyl/N-ethyl adjacent to an activating group) is 1. The molecular formula is C16H24N2O2. The second kappa shape index (κ2) is 6.02. The lowest BCUT2D eigenvalue weighted by atomic mass is 9.96. The van der Waals surface area contributed by atoms with Gasteiger partial charge in [0.2, 0.25) is 0 Å². The van der Waals surface area contributed by atoms with Gasteiger partial charge in [0.1, 0.15) is 18.1 Å². The Labute approximate surface area is 120 Å². The average Bonchev–Trinajstić information content (AvgIpc) is 2.88. The molecule has 3 rings (SSSR count). The molecule has 1 fully saturated rings. The van der Waals surface area contributed by atoms with E-state index in [0.717, 1.165) is 37.8 Å². The lowest BCUT2D eigenvalue weighted by Crippen LogP contribution is -2.38. The Morgan fingerprint density at radius 2 is 2.15 bits per heavy atom. The number of hydrogen-bond acceptors (Lipinski definition) is 4. The maximum atomic E-state index is 9.54. The van der Waals surface area contributed by atoms with Crippen molar-refractivity contribution in [3.8, 4) is 11.5 Å². The van der Waals surface area contributed by atoms with E-state index in [1.165, 1.54) is 18.4 Å². The minimum Gasteiger partial charge on any atom is -0.508 e. The summed E-state index contributed by atoms with van der Waals surface area (Å²) in [7, 11) is 0. The summed E-state index contributed by atoms with van der Waals surface area (Å²) in [6.07, 6.45) is 2.54. The molecule has 0 bridgehead atoms. The third-order valence-corrected chi connectivity index (χ3v) is 4.55. The van der Waals surface area contributed by atoms with Crippen molar-refractivity contribution < 1.29 is 9.84 Å². The summed E-state index contributed by atoms with van der Waals surface area (Å²) >= 11 is 0. The molecule has 4 heteroatoms. The van der Waals surface area contributed by atoms with Gasteiger partial charge < -0.3 is 15.2 Å². The summed E-state index contributed by atoms with van der Waals surface area (Å²) in [5, 5.41) is 13.0. The summed E-state index contributed by atoms with van der Waals surface area (Å²) in [4.78, 5) is 2.53. The van der Waals surface area contributed by atoms with Gasteiger partial charge in [-0.2, -0.15) is 0 Å². The van der Waals surface area contributed by atoms with Gasteiger partial charge in [-0.15, -0.1) is 0 Å². The second-order valence-corrected chi connectivity index (χ2v) is 5.83. The van der Waals surface area contributed by atoms with Crippen molar-refractivity contribution >= 4 is 0 Å². The molecule has 1 saturated heterocycles. The average molecular weight is 276 g/mol. The zero-order valence-corrected chi connectivity index (χ0v) is 12.1. The number of benzene rings is 1. The van der Waals surface area contributed by atoms with Crippen molar-refractivity contribution in [3.63, 3.8) is 0 Å². The van der Waals surface area contributed by atoms with Gasteiger partial charge >= 0.3 is 0 Å². The van der Waals surface area contributed by atoms with Crippen LogP contribution in [0.5, 0.6) is 11.5 Å². The Balaban J connectivity index is 1.71. The molecule has 20 heavy (non-hydrogen) atoms. The van der Waals surface area contributed by atoms with E-state index in [4.69, 9.17) is 4.74 Å². The van der Waals surface area contributed by atoms with E-state index in [2.05, 4.69) is 17.1 Å². The van der Waals surface area contributed by atoms with E-state index in [1.807, 2.05) is 6.07 Å². The molecule has 0 saturated carbocycles. The quantitative estimate of drug-likeness (QED) is 0.884. The van der Waals surface area contributed by atoms with Crippen molar-refractivity contribution in [2.24, 2.45) is 5.92 Å². The first kappa shape index (κ1) is 13.7. The van der Waals surface area contributed by atoms with Gasteiger partial charge in [-0.1, -0.05) is 6.92 Å². The van der Waals surface area contributed by atoms with Crippen LogP contribution in [0.25, 0.3) is 0 Å². The lowest BCUT2D eigenvalue weighted by Gasteiger charge is -2.32. The number of nitrogens with zero attached hydrogens (tertiary/aromatic N) is 1. The first-order valence-electron chi connectivity index (χ1n) is 7.68. The Morgan fingerprint density at radius 1 is 1.35 bits per heavy atom. The molecule has 2 N–H and O–H groups in total. The first-order valence-corrected chi connectivity index (χ1v) is 7.68. The molecule has 0 amide bonds. The maximum Gasteiger partial charge on any atom is 0.127 e. The minimum absolute atomic E-state index is 0.283. The number of piperidine rings is 1. The number of phenolic OH excluding ortho intramolecular Hbond substituents is 1. The SMILES string of the molecule is CCN(CC1CCNCC1)C1COc2cc(O)ccc21. The molecule has 1 atom stereocenters. The monoisotopic (exact) mass is 276 g/mol. The summed E-state index contributed by atoms with van der Waals surface area (Å²) in [5.74, 6) is 1.92. The van der Waals surface area contributed by atoms with Crippen molar-refractivity contribution in [2.45, 2.75) is 25.8 Å². The minimum atomic E-state index is 0.283. The van der Waals surface area contributed by atoms with Gasteiger partial charge in [-0.05, 0) is 50.5 Å². The molecule has 2 aliphatic heterocycles. The highest BCUT2D eigenvalue weighted by Gasteiger charge is 2.30. The van der Waals surface area contributed by atoms with E-state index >= 15 is 0 Å². The van der Waals surface area contributed by atoms with E-state index in [-0.39, 0.29) is 5.75 Å². The normalized spacial score (nSPS) is 22.8. The lowest BCUT2D eigenvalue weighted by molar-refractivity contribution is 0.136. The fraction of sp³-hybridized carbons (Fsp3) is 0.625. The Bertz CT molecular complexity index is 458. The van der Waals surface area contributed by atoms with Crippen LogP contribution in [-0.4, -0.2) is 42.8 Å². The molecule has 1 aromatic carbocycles. The van der Waals surface area contributed by atoms with Crippen LogP contribution < -0.4 is 10.1 Å². The van der Waals surface area contributed by atoms with Crippen LogP contribution in [0, 0.1) is 5.92 Å². The fourth-order valence-electron chi connectivity index (χ4n) is 3.36. The zero-order valence-electron chi connectivity index (χ0n) is 12.1. The van der Waals surface area contributed by atoms with E-state index in [0.29, 0.717) is 12.6 Å². The molecule has 0 radical (unpaired) electrons. The van der Waals surface area contributed by atoms with Gasteiger partial charge in [-0.3, -0.25) is 4.90 Å². The van der Waals surface area contributed by atoms with E-state index in [9.17, 15) is 5.11 Å². The molecule has 0 aliphatic carbocycles. The number of hydrogen-bond donors (Lipinski definition) is 2. The first-order chi connectivity index (χ1) is 9.78. The molecule has 0 spiro atoms. The number of nitrogens with one attached hydrogen (secondary N) is 1. The predicted octanol–water partition coefficient (Wildman–Crippen LogP) is 2.15. The summed E-state index contributed by atoms with van der Waals surface area (Å²) in [5.41, 5.74) is 1.22. The zero-order chi connectivity index (χ0) is 13.9. The van der Waals surface area contributed by atoms with E-state index < -0.39 is 0 Å². The molecule has 110 valence electrons. The van der Waals surface area contributed by atoms with Crippen LogP contribution in [0.15, 0.2) is 18.2 Å². The highest BCUT2D eigenvalue weighted by molar-refractivity contribution is 5.44. The Hall–Kier alpha value is -1.26. The second-order valence-electron chi connectivity index (χ2n) is 5.83. The number of phenols is 1. The number of fused-ring (bicyclic) bond motifs is 1. The van der Waals surface area contributed by atoms with Gasteiger partial charge in [0, 0.05) is 18.2 Å². The van der Waals surface area contributed by atoms with Gasteiger partial charge in [-0.25, -0.2) is 0 Å². The number of ether oxygens (including phenoxy) is 1. The fourth-order valence-corrected chi connectivity index (χ4v) is 3.36. The molecule has 2 heterocycles. The molecule has 4 nitrogen and oxygen atoms in total. The summed E-state index contributed by atoms with van der Waals surface area (Å²) in [6.45, 7) is 7.41. The van der Waals surface area contributed by atoms with Crippen molar-refractivity contribution in [3.05, 3.63) is 23.8 Å². The molecular weight excluding hydrogens is 252 g/mol. The van der Waals surface area contributed by atoms with E-state index in [1.54, 1.807) is 12.1 Å². The Kier molecular flexibility index (Phi) is 4.13. The Morgan fingerprint density at radius 3 is 2.90 bits per heavy atom. The largest absolute Gasteiger partial charge is 0.508 e. The van der Waals surface area contributed by atoms with Crippen LogP contribution >= 0.6 is 0 Å². The standard InChI is InChI=1S/C16H24N2O2/c1-2-18(10-12-5-7-17-8-6-12)15-11-20-16-9-13(19)3-4-14(15)16/h3-4,9,12,15,17,19H,2,5-8,10-11H2,1H3. The predicted molar refractivity (Wildman–Crippen MR) is 79.2 cm³/mol. The van der Waals surface area contributed by atoms with Crippen molar-refractivity contribution in [1.29, 1.82) is 0 Å². The molecule has 2 aliphatic rings. The molecule has 0 aromatic heterocycles. The van der Waals surface area contributed by atoms with Crippen LogP contribution in [-0.2, 0) is 0 Å². The van der Waals surface area contributed by atoms with Gasteiger partial charge in [0.15, 0.2) is 0 Å². The molecule has 1 aromatic rings. The highest BCUT2D eigenvalue weighted by Crippen LogP contribution is 2.38. The van der Waals surface area contributed by atoms with Crippen molar-refractivity contribution in [2.75, 3.05) is 32.8 Å². The van der Waals surface area contributed by atoms with Crippen LogP contribution in [0.2, 0.25) is 0 Å². The smallest absolute Gasteiger partial charge is 0.127 e. The van der Waals surface area contributed by atoms with Crippen molar-refractivity contribution in [1.82, 2.24) is 10.2 Å². The maximum absolute atomic E-state index is 9.54. The summed E-state index contributed by atoms with van der Waals surface area (Å²) < 4.78 is 5.75. The number of rotatable bonds is 4. The van der Waals surface area contributed by atoms with Gasteiger partial charge in [0.05, 0.1) is 6.04 Å². The van der Waals surface area contributed by atoms with Crippen LogP contribution in [0.1, 0.15) is 31.4 Å². The van der Waals surface area contributed by atoms with Crippen LogP contribution in [0.3, 0.4) is 0 Å². The molecule has 1 unspecified atom stereocenters. The topological polar surface area (TPSA) is 44.7 Å². The third kappa shape index (κ3) is 2.76. The highest BCUT2D eigenvalue weighted by atomic mass is 16.5. The third-order valence-electron chi connectivity index (χ3n) is 4.55. The van der Waals surface area contributed by atoms with Gasteiger partial charge in [0.25, 0.3) is 0 Å². The summed E-state index contributed by atoms with van der Waals surface area (Å²) in [6, 6.07) is 5.84. The number of aromatic hydroxyl groups is 1. The van der Waals surface area contributed by atoms with Crippen LogP contribution in [0.4, 0.5) is 0 Å².